The molecule has 0 aliphatic carbocycles. The molecule has 1 aromatic carbocycles. The van der Waals surface area contributed by atoms with Gasteiger partial charge >= 0.3 is 5.97 Å². The van der Waals surface area contributed by atoms with E-state index in [0.717, 1.165) is 11.1 Å². The van der Waals surface area contributed by atoms with Crippen molar-refractivity contribution in [3.05, 3.63) is 57.3 Å². The van der Waals surface area contributed by atoms with E-state index in [-0.39, 0.29) is 25.5 Å². The van der Waals surface area contributed by atoms with Gasteiger partial charge in [0.25, 0.3) is 0 Å². The van der Waals surface area contributed by atoms with Crippen LogP contribution in [-0.2, 0) is 27.8 Å². The van der Waals surface area contributed by atoms with Crippen molar-refractivity contribution >= 4 is 33.1 Å². The van der Waals surface area contributed by atoms with Gasteiger partial charge in [0, 0.05) is 11.4 Å². The zero-order chi connectivity index (χ0) is 19.2. The molecule has 0 atom stereocenters. The molecule has 0 aliphatic heterocycles. The number of esters is 1. The van der Waals surface area contributed by atoms with Crippen LogP contribution in [0.3, 0.4) is 0 Å². The van der Waals surface area contributed by atoms with E-state index in [2.05, 4.69) is 4.72 Å². The van der Waals surface area contributed by atoms with Gasteiger partial charge in [0.15, 0.2) is 6.61 Å². The predicted octanol–water partition coefficient (Wildman–Crippen LogP) is 1.37. The fourth-order valence-corrected chi connectivity index (χ4v) is 3.46. The van der Waals surface area contributed by atoms with Crippen molar-refractivity contribution in [1.82, 2.24) is 4.72 Å². The number of hydrogen-bond donors (Lipinski definition) is 2. The molecular formula is C17H19NO6S2. The van der Waals surface area contributed by atoms with E-state index >= 15 is 0 Å². The minimum absolute atomic E-state index is 0.117. The van der Waals surface area contributed by atoms with Crippen LogP contribution in [0.25, 0.3) is 0 Å². The lowest BCUT2D eigenvalue weighted by Crippen LogP contribution is -2.24. The summed E-state index contributed by atoms with van der Waals surface area (Å²) in [6.07, 6.45) is 1.56. The lowest BCUT2D eigenvalue weighted by Gasteiger charge is -2.04. The summed E-state index contributed by atoms with van der Waals surface area (Å²) in [5, 5.41) is 8.97. The summed E-state index contributed by atoms with van der Waals surface area (Å²) in [7, 11) is -3.24. The standard InChI is InChI=1S/C17H19NO6S2/c1-26(22,23)18-9-8-14-6-7-16(25-14)15(20)11-24-17(21)13-4-2-12(10-19)3-5-13/h2-7,18-19H,8-11H2,1H3. The number of benzene rings is 1. The lowest BCUT2D eigenvalue weighted by molar-refractivity contribution is 0.0476. The van der Waals surface area contributed by atoms with E-state index in [4.69, 9.17) is 9.84 Å². The molecule has 9 heteroatoms. The fraction of sp³-hybridized carbons (Fsp3) is 0.294. The van der Waals surface area contributed by atoms with E-state index in [1.807, 2.05) is 0 Å². The number of ether oxygens (including phenoxy) is 1. The first-order valence-electron chi connectivity index (χ1n) is 7.72. The third kappa shape index (κ3) is 6.34. The zero-order valence-electron chi connectivity index (χ0n) is 14.1. The van der Waals surface area contributed by atoms with Crippen molar-refractivity contribution in [1.29, 1.82) is 0 Å². The van der Waals surface area contributed by atoms with E-state index in [9.17, 15) is 18.0 Å². The summed E-state index contributed by atoms with van der Waals surface area (Å²) in [5.74, 6) is -0.936. The molecule has 2 N–H and O–H groups in total. The van der Waals surface area contributed by atoms with Crippen molar-refractivity contribution in [2.45, 2.75) is 13.0 Å². The highest BCUT2D eigenvalue weighted by Gasteiger charge is 2.14. The number of sulfonamides is 1. The number of aliphatic hydroxyl groups excluding tert-OH is 1. The Morgan fingerprint density at radius 2 is 1.85 bits per heavy atom. The Morgan fingerprint density at radius 1 is 1.15 bits per heavy atom. The van der Waals surface area contributed by atoms with Gasteiger partial charge in [0.05, 0.1) is 23.3 Å². The highest BCUT2D eigenvalue weighted by Crippen LogP contribution is 2.18. The summed E-state index contributed by atoms with van der Waals surface area (Å²) in [5.41, 5.74) is 0.975. The zero-order valence-corrected chi connectivity index (χ0v) is 15.7. The number of ketones is 1. The molecule has 140 valence electrons. The van der Waals surface area contributed by atoms with E-state index in [0.29, 0.717) is 22.4 Å². The summed E-state index contributed by atoms with van der Waals surface area (Å²) in [6.45, 7) is -0.234. The van der Waals surface area contributed by atoms with E-state index in [1.54, 1.807) is 24.3 Å². The molecule has 1 heterocycles. The first-order valence-corrected chi connectivity index (χ1v) is 10.4. The van der Waals surface area contributed by atoms with Crippen LogP contribution in [0.5, 0.6) is 0 Å². The summed E-state index contributed by atoms with van der Waals surface area (Å²) >= 11 is 1.24. The second-order valence-electron chi connectivity index (χ2n) is 5.54. The molecule has 0 saturated heterocycles. The minimum Gasteiger partial charge on any atom is -0.454 e. The number of hydrogen-bond acceptors (Lipinski definition) is 7. The Labute approximate surface area is 155 Å². The normalized spacial score (nSPS) is 11.3. The molecule has 26 heavy (non-hydrogen) atoms. The molecule has 0 aliphatic rings. The maximum Gasteiger partial charge on any atom is 0.338 e. The molecule has 2 rings (SSSR count). The Morgan fingerprint density at radius 3 is 2.46 bits per heavy atom. The summed E-state index contributed by atoms with van der Waals surface area (Å²) in [4.78, 5) is 25.3. The van der Waals surface area contributed by atoms with Crippen molar-refractivity contribution in [2.75, 3.05) is 19.4 Å². The van der Waals surface area contributed by atoms with Gasteiger partial charge in [-0.1, -0.05) is 12.1 Å². The SMILES string of the molecule is CS(=O)(=O)NCCc1ccc(C(=O)COC(=O)c2ccc(CO)cc2)s1. The number of carbonyl (C=O) groups excluding carboxylic acids is 2. The second-order valence-corrected chi connectivity index (χ2v) is 8.54. The third-order valence-corrected chi connectivity index (χ3v) is 5.29. The van der Waals surface area contributed by atoms with Crippen LogP contribution in [-0.4, -0.2) is 44.7 Å². The molecular weight excluding hydrogens is 378 g/mol. The van der Waals surface area contributed by atoms with Crippen LogP contribution < -0.4 is 4.72 Å². The topological polar surface area (TPSA) is 110 Å². The van der Waals surface area contributed by atoms with Gasteiger partial charge in [-0.25, -0.2) is 17.9 Å². The number of nitrogens with one attached hydrogen (secondary N) is 1. The maximum atomic E-state index is 12.1. The van der Waals surface area contributed by atoms with Gasteiger partial charge in [0.2, 0.25) is 15.8 Å². The number of carbonyl (C=O) groups is 2. The average molecular weight is 397 g/mol. The van der Waals surface area contributed by atoms with Gasteiger partial charge in [-0.05, 0) is 36.2 Å². The molecule has 1 aromatic heterocycles. The van der Waals surface area contributed by atoms with Crippen molar-refractivity contribution < 1.29 is 27.9 Å². The highest BCUT2D eigenvalue weighted by atomic mass is 32.2. The molecule has 0 unspecified atom stereocenters. The molecule has 7 nitrogen and oxygen atoms in total. The van der Waals surface area contributed by atoms with Gasteiger partial charge in [-0.3, -0.25) is 4.79 Å². The number of thiophene rings is 1. The Bertz CT molecular complexity index is 871. The Hall–Kier alpha value is -2.07. The second kappa shape index (κ2) is 9.04. The van der Waals surface area contributed by atoms with Crippen LogP contribution in [0.1, 0.15) is 30.5 Å². The molecule has 2 aromatic rings. The average Bonchev–Trinajstić information content (AvgIpc) is 3.07. The first kappa shape index (κ1) is 20.2. The quantitative estimate of drug-likeness (QED) is 0.489. The summed E-state index contributed by atoms with van der Waals surface area (Å²) < 4.78 is 29.4. The smallest absolute Gasteiger partial charge is 0.338 e. The lowest BCUT2D eigenvalue weighted by atomic mass is 10.1. The number of Topliss-reactive ketones (excluding diaryl/α,β-unsaturated/α-hetero) is 1. The van der Waals surface area contributed by atoms with Gasteiger partial charge in [0.1, 0.15) is 0 Å². The monoisotopic (exact) mass is 397 g/mol. The number of aliphatic hydroxyl groups is 1. The van der Waals surface area contributed by atoms with Gasteiger partial charge in [-0.15, -0.1) is 11.3 Å². The predicted molar refractivity (Wildman–Crippen MR) is 97.8 cm³/mol. The van der Waals surface area contributed by atoms with Crippen LogP contribution in [0.4, 0.5) is 0 Å². The summed E-state index contributed by atoms with van der Waals surface area (Å²) in [6, 6.07) is 9.64. The van der Waals surface area contributed by atoms with Gasteiger partial charge < -0.3 is 9.84 Å². The van der Waals surface area contributed by atoms with Crippen LogP contribution in [0.2, 0.25) is 0 Å². The third-order valence-electron chi connectivity index (χ3n) is 3.38. The van der Waals surface area contributed by atoms with Crippen molar-refractivity contribution in [3.8, 4) is 0 Å². The largest absolute Gasteiger partial charge is 0.454 e. The van der Waals surface area contributed by atoms with Crippen LogP contribution in [0, 0.1) is 0 Å². The minimum atomic E-state index is -3.24. The maximum absolute atomic E-state index is 12.1. The van der Waals surface area contributed by atoms with Crippen molar-refractivity contribution in [2.24, 2.45) is 0 Å². The molecule has 0 amide bonds. The molecule has 0 fully saturated rings. The van der Waals surface area contributed by atoms with E-state index in [1.165, 1.54) is 23.5 Å². The van der Waals surface area contributed by atoms with Crippen molar-refractivity contribution in [3.63, 3.8) is 0 Å². The molecule has 0 spiro atoms. The Kier molecular flexibility index (Phi) is 7.04. The fourth-order valence-electron chi connectivity index (χ4n) is 2.05. The van der Waals surface area contributed by atoms with Crippen LogP contribution in [0.15, 0.2) is 36.4 Å². The van der Waals surface area contributed by atoms with Gasteiger partial charge in [-0.2, -0.15) is 0 Å². The van der Waals surface area contributed by atoms with Crippen LogP contribution >= 0.6 is 11.3 Å². The highest BCUT2D eigenvalue weighted by molar-refractivity contribution is 7.88. The first-order chi connectivity index (χ1) is 12.3. The molecule has 0 bridgehead atoms. The number of rotatable bonds is 9. The molecule has 0 saturated carbocycles. The Balaban J connectivity index is 1.84. The molecule has 0 radical (unpaired) electrons. The van der Waals surface area contributed by atoms with E-state index < -0.39 is 16.0 Å².